The molecule has 0 aliphatic rings. The number of fused-ring (bicyclic) bond motifs is 1. The first kappa shape index (κ1) is 22.1. The van der Waals surface area contributed by atoms with Gasteiger partial charge in [-0.2, -0.15) is 13.2 Å². The number of benzene rings is 3. The number of imidazole rings is 1. The highest BCUT2D eigenvalue weighted by Gasteiger charge is 2.30. The molecule has 0 saturated heterocycles. The lowest BCUT2D eigenvalue weighted by Gasteiger charge is -2.15. The minimum Gasteiger partial charge on any atom is -0.324 e. The standard InChI is InChI=1S/C24H19F3N4O2/c1-15(31-14-28-20-10-2-3-11-21(20)31)22(32)29-18-8-4-6-16(12-18)23(33)30-19-9-5-7-17(13-19)24(25,26)27/h2-15H,1H3,(H,29,32)(H,30,33)/t15-/m0/s1. The van der Waals surface area contributed by atoms with Crippen molar-refractivity contribution < 1.29 is 22.8 Å². The molecule has 0 spiro atoms. The summed E-state index contributed by atoms with van der Waals surface area (Å²) in [7, 11) is 0. The van der Waals surface area contributed by atoms with Crippen LogP contribution >= 0.6 is 0 Å². The fourth-order valence-corrected chi connectivity index (χ4v) is 3.37. The van der Waals surface area contributed by atoms with Gasteiger partial charge in [-0.1, -0.05) is 24.3 Å². The van der Waals surface area contributed by atoms with Crippen molar-refractivity contribution in [1.82, 2.24) is 9.55 Å². The molecule has 0 saturated carbocycles. The van der Waals surface area contributed by atoms with Gasteiger partial charge in [-0.05, 0) is 55.5 Å². The smallest absolute Gasteiger partial charge is 0.324 e. The van der Waals surface area contributed by atoms with Gasteiger partial charge in [0, 0.05) is 16.9 Å². The number of anilines is 2. The number of nitrogens with one attached hydrogen (secondary N) is 2. The molecule has 168 valence electrons. The highest BCUT2D eigenvalue weighted by Crippen LogP contribution is 2.30. The Morgan fingerprint density at radius 1 is 0.909 bits per heavy atom. The first-order chi connectivity index (χ1) is 15.7. The summed E-state index contributed by atoms with van der Waals surface area (Å²) >= 11 is 0. The molecular formula is C24H19F3N4O2. The zero-order chi connectivity index (χ0) is 23.6. The molecular weight excluding hydrogens is 433 g/mol. The topological polar surface area (TPSA) is 76.0 Å². The number of carbonyl (C=O) groups is 2. The molecule has 0 aliphatic heterocycles. The van der Waals surface area contributed by atoms with Crippen LogP contribution in [0.5, 0.6) is 0 Å². The van der Waals surface area contributed by atoms with E-state index in [9.17, 15) is 22.8 Å². The third-order valence-electron chi connectivity index (χ3n) is 5.12. The summed E-state index contributed by atoms with van der Waals surface area (Å²) in [6.07, 6.45) is -2.92. The lowest BCUT2D eigenvalue weighted by molar-refractivity contribution is -0.137. The molecule has 4 rings (SSSR count). The number of hydrogen-bond donors (Lipinski definition) is 2. The fraction of sp³-hybridized carbons (Fsp3) is 0.125. The molecule has 2 N–H and O–H groups in total. The van der Waals surface area contributed by atoms with Gasteiger partial charge < -0.3 is 15.2 Å². The summed E-state index contributed by atoms with van der Waals surface area (Å²) in [6, 6.07) is 17.4. The molecule has 1 aromatic heterocycles. The number of para-hydroxylation sites is 2. The highest BCUT2D eigenvalue weighted by molar-refractivity contribution is 6.05. The number of rotatable bonds is 5. The maximum absolute atomic E-state index is 12.9. The third kappa shape index (κ3) is 4.87. The average molecular weight is 452 g/mol. The number of halogens is 3. The predicted octanol–water partition coefficient (Wildman–Crippen LogP) is 5.51. The Hall–Kier alpha value is -4.14. The number of amides is 2. The zero-order valence-corrected chi connectivity index (χ0v) is 17.4. The normalized spacial score (nSPS) is 12.4. The van der Waals surface area contributed by atoms with Gasteiger partial charge in [0.1, 0.15) is 6.04 Å². The van der Waals surface area contributed by atoms with Crippen molar-refractivity contribution in [3.8, 4) is 0 Å². The molecule has 3 aromatic carbocycles. The van der Waals surface area contributed by atoms with Crippen LogP contribution in [0.25, 0.3) is 11.0 Å². The second-order valence-corrected chi connectivity index (χ2v) is 7.42. The number of alkyl halides is 3. The Balaban J connectivity index is 1.47. The Morgan fingerprint density at radius 3 is 2.36 bits per heavy atom. The second-order valence-electron chi connectivity index (χ2n) is 7.42. The van der Waals surface area contributed by atoms with Gasteiger partial charge >= 0.3 is 6.18 Å². The minimum absolute atomic E-state index is 0.0184. The van der Waals surface area contributed by atoms with E-state index in [1.807, 2.05) is 24.3 Å². The van der Waals surface area contributed by atoms with Crippen molar-refractivity contribution in [3.63, 3.8) is 0 Å². The van der Waals surface area contributed by atoms with Crippen molar-refractivity contribution in [3.05, 3.63) is 90.3 Å². The highest BCUT2D eigenvalue weighted by atomic mass is 19.4. The quantitative estimate of drug-likeness (QED) is 0.419. The SMILES string of the molecule is C[C@@H](C(=O)Nc1cccc(C(=O)Nc2cccc(C(F)(F)F)c2)c1)n1cnc2ccccc21. The lowest BCUT2D eigenvalue weighted by atomic mass is 10.1. The Kier molecular flexibility index (Phi) is 5.87. The number of aromatic nitrogens is 2. The number of hydrogen-bond acceptors (Lipinski definition) is 3. The lowest BCUT2D eigenvalue weighted by Crippen LogP contribution is -2.23. The van der Waals surface area contributed by atoms with E-state index in [4.69, 9.17) is 0 Å². The summed E-state index contributed by atoms with van der Waals surface area (Å²) in [5.74, 6) is -0.910. The van der Waals surface area contributed by atoms with Crippen LogP contribution in [0.4, 0.5) is 24.5 Å². The largest absolute Gasteiger partial charge is 0.416 e. The van der Waals surface area contributed by atoms with Crippen LogP contribution in [-0.2, 0) is 11.0 Å². The molecule has 0 aliphatic carbocycles. The third-order valence-corrected chi connectivity index (χ3v) is 5.12. The van der Waals surface area contributed by atoms with Crippen molar-refractivity contribution in [2.75, 3.05) is 10.6 Å². The van der Waals surface area contributed by atoms with E-state index < -0.39 is 23.7 Å². The van der Waals surface area contributed by atoms with Gasteiger partial charge in [-0.15, -0.1) is 0 Å². The predicted molar refractivity (Wildman–Crippen MR) is 119 cm³/mol. The minimum atomic E-state index is -4.51. The van der Waals surface area contributed by atoms with E-state index in [0.717, 1.165) is 23.2 Å². The zero-order valence-electron chi connectivity index (χ0n) is 17.4. The number of carbonyl (C=O) groups excluding carboxylic acids is 2. The Morgan fingerprint density at radius 2 is 1.61 bits per heavy atom. The van der Waals surface area contributed by atoms with Gasteiger partial charge in [-0.3, -0.25) is 9.59 Å². The first-order valence-corrected chi connectivity index (χ1v) is 10.0. The summed E-state index contributed by atoms with van der Waals surface area (Å²) < 4.78 is 40.4. The molecule has 1 atom stereocenters. The second kappa shape index (κ2) is 8.78. The van der Waals surface area contributed by atoms with Crippen molar-refractivity contribution >= 4 is 34.2 Å². The van der Waals surface area contributed by atoms with Gasteiger partial charge in [0.25, 0.3) is 5.91 Å². The maximum Gasteiger partial charge on any atom is 0.416 e. The Labute approximate surface area is 187 Å². The van der Waals surface area contributed by atoms with E-state index in [-0.39, 0.29) is 17.2 Å². The molecule has 4 aromatic rings. The van der Waals surface area contributed by atoms with Gasteiger partial charge in [-0.25, -0.2) is 4.98 Å². The fourth-order valence-electron chi connectivity index (χ4n) is 3.37. The molecule has 0 unspecified atom stereocenters. The Bertz CT molecular complexity index is 1330. The summed E-state index contributed by atoms with van der Waals surface area (Å²) in [5.41, 5.74) is 1.31. The van der Waals surface area contributed by atoms with Crippen LogP contribution in [0.15, 0.2) is 79.1 Å². The molecule has 9 heteroatoms. The van der Waals surface area contributed by atoms with E-state index in [1.54, 1.807) is 30.0 Å². The molecule has 6 nitrogen and oxygen atoms in total. The van der Waals surface area contributed by atoms with Crippen LogP contribution in [0, 0.1) is 0 Å². The van der Waals surface area contributed by atoms with Crippen LogP contribution < -0.4 is 10.6 Å². The molecule has 2 amide bonds. The summed E-state index contributed by atoms with van der Waals surface area (Å²) in [6.45, 7) is 1.73. The molecule has 1 heterocycles. The monoisotopic (exact) mass is 452 g/mol. The van der Waals surface area contributed by atoms with Crippen LogP contribution in [-0.4, -0.2) is 21.4 Å². The van der Waals surface area contributed by atoms with Crippen LogP contribution in [0.3, 0.4) is 0 Å². The van der Waals surface area contributed by atoms with Crippen molar-refractivity contribution in [2.24, 2.45) is 0 Å². The van der Waals surface area contributed by atoms with E-state index in [2.05, 4.69) is 15.6 Å². The molecule has 0 bridgehead atoms. The van der Waals surface area contributed by atoms with Crippen LogP contribution in [0.1, 0.15) is 28.9 Å². The summed E-state index contributed by atoms with van der Waals surface area (Å²) in [4.78, 5) is 29.6. The summed E-state index contributed by atoms with van der Waals surface area (Å²) in [5, 5.41) is 5.22. The van der Waals surface area contributed by atoms with Gasteiger partial charge in [0.2, 0.25) is 5.91 Å². The van der Waals surface area contributed by atoms with Crippen LogP contribution in [0.2, 0.25) is 0 Å². The maximum atomic E-state index is 12.9. The van der Waals surface area contributed by atoms with Crippen molar-refractivity contribution in [1.29, 1.82) is 0 Å². The first-order valence-electron chi connectivity index (χ1n) is 10.0. The van der Waals surface area contributed by atoms with Gasteiger partial charge in [0.15, 0.2) is 0 Å². The van der Waals surface area contributed by atoms with Crippen molar-refractivity contribution in [2.45, 2.75) is 19.1 Å². The van der Waals surface area contributed by atoms with Gasteiger partial charge in [0.05, 0.1) is 22.9 Å². The molecule has 0 fully saturated rings. The van der Waals surface area contributed by atoms with E-state index >= 15 is 0 Å². The molecule has 0 radical (unpaired) electrons. The van der Waals surface area contributed by atoms with E-state index in [0.29, 0.717) is 5.69 Å². The molecule has 33 heavy (non-hydrogen) atoms. The number of nitrogens with zero attached hydrogens (tertiary/aromatic N) is 2. The van der Waals surface area contributed by atoms with E-state index in [1.165, 1.54) is 24.3 Å². The average Bonchev–Trinajstić information content (AvgIpc) is 3.22.